The minimum absolute atomic E-state index is 0.465. The molecule has 1 fully saturated rings. The number of carboxylic acid groups (broad SMARTS) is 1. The second-order valence-electron chi connectivity index (χ2n) is 8.83. The summed E-state index contributed by atoms with van der Waals surface area (Å²) in [5, 5.41) is 25.9. The zero-order valence-corrected chi connectivity index (χ0v) is 19.7. The van der Waals surface area contributed by atoms with Crippen LogP contribution < -0.4 is 15.0 Å². The summed E-state index contributed by atoms with van der Waals surface area (Å²) in [5.74, 6) is 1.50. The average Bonchev–Trinajstić information content (AvgIpc) is 3.21. The fourth-order valence-electron chi connectivity index (χ4n) is 4.70. The van der Waals surface area contributed by atoms with Gasteiger partial charge in [-0.25, -0.2) is 14.3 Å². The van der Waals surface area contributed by atoms with E-state index in [2.05, 4.69) is 21.4 Å². The monoisotopic (exact) mass is 463 g/mol. The molecule has 34 heavy (non-hydrogen) atoms. The number of hydrogen-bond donors (Lipinski definition) is 2. The number of rotatable bonds is 7. The summed E-state index contributed by atoms with van der Waals surface area (Å²) in [5.41, 5.74) is 2.42. The molecule has 0 atom stereocenters. The van der Waals surface area contributed by atoms with Crippen molar-refractivity contribution < 1.29 is 14.6 Å². The highest BCUT2D eigenvalue weighted by atomic mass is 16.5. The molecule has 178 valence electrons. The van der Waals surface area contributed by atoms with E-state index in [1.165, 1.54) is 0 Å². The van der Waals surface area contributed by atoms with Gasteiger partial charge in [-0.1, -0.05) is 0 Å². The molecule has 3 aromatic rings. The maximum atomic E-state index is 11.4. The molecule has 1 aliphatic heterocycles. The summed E-state index contributed by atoms with van der Waals surface area (Å²) in [7, 11) is 3.90. The molecule has 0 saturated carbocycles. The van der Waals surface area contributed by atoms with Crippen LogP contribution in [0, 0.1) is 11.3 Å². The van der Waals surface area contributed by atoms with Gasteiger partial charge >= 0.3 is 6.09 Å². The standard InChI is InChI=1S/C24H29N7O3/c1-4-34-19-11-20(22-18(12-25)14-27-31(22)15-19)17-5-6-21(26-13-17)30-9-7-24(8-10-30,16-29(2)3)28-23(32)33/h5-6,11,13-15,28H,4,7-10,16H2,1-3H3,(H,32,33). The van der Waals surface area contributed by atoms with E-state index in [9.17, 15) is 15.2 Å². The predicted molar refractivity (Wildman–Crippen MR) is 128 cm³/mol. The van der Waals surface area contributed by atoms with Gasteiger partial charge in [-0.2, -0.15) is 10.4 Å². The Hall–Kier alpha value is -3.84. The first kappa shape index (κ1) is 23.3. The van der Waals surface area contributed by atoms with Crippen LogP contribution in [0.3, 0.4) is 0 Å². The Labute approximate surface area is 198 Å². The first-order chi connectivity index (χ1) is 16.3. The maximum absolute atomic E-state index is 11.4. The van der Waals surface area contributed by atoms with Crippen LogP contribution in [0.2, 0.25) is 0 Å². The number of amides is 1. The molecule has 0 spiro atoms. The lowest BCUT2D eigenvalue weighted by Gasteiger charge is -2.43. The number of pyridine rings is 2. The average molecular weight is 464 g/mol. The first-order valence-corrected chi connectivity index (χ1v) is 11.3. The smallest absolute Gasteiger partial charge is 0.405 e. The molecule has 0 aromatic carbocycles. The van der Waals surface area contributed by atoms with Crippen LogP contribution in [-0.2, 0) is 0 Å². The molecule has 1 saturated heterocycles. The Kier molecular flexibility index (Phi) is 6.56. The SMILES string of the molecule is CCOc1cc(-c2ccc(N3CCC(CN(C)C)(NC(=O)O)CC3)nc2)c2c(C#N)cnn2c1. The summed E-state index contributed by atoms with van der Waals surface area (Å²) in [6.45, 7) is 4.49. The molecular formula is C24H29N7O3. The summed E-state index contributed by atoms with van der Waals surface area (Å²) in [4.78, 5) is 20.3. The van der Waals surface area contributed by atoms with Gasteiger partial charge in [0.1, 0.15) is 17.6 Å². The molecule has 2 N–H and O–H groups in total. The minimum Gasteiger partial charge on any atom is -0.492 e. The van der Waals surface area contributed by atoms with E-state index in [1.807, 2.05) is 44.1 Å². The van der Waals surface area contributed by atoms with Crippen molar-refractivity contribution in [3.05, 3.63) is 42.4 Å². The number of fused-ring (bicyclic) bond motifs is 1. The van der Waals surface area contributed by atoms with Crippen molar-refractivity contribution in [2.75, 3.05) is 45.2 Å². The summed E-state index contributed by atoms with van der Waals surface area (Å²) in [6, 6.07) is 8.06. The lowest BCUT2D eigenvalue weighted by Crippen LogP contribution is -2.59. The van der Waals surface area contributed by atoms with Crippen LogP contribution in [0.4, 0.5) is 10.6 Å². The van der Waals surface area contributed by atoms with Crippen LogP contribution in [-0.4, -0.2) is 76.6 Å². The van der Waals surface area contributed by atoms with Crippen LogP contribution in [0.25, 0.3) is 16.6 Å². The molecule has 10 heteroatoms. The highest BCUT2D eigenvalue weighted by Crippen LogP contribution is 2.32. The fourth-order valence-corrected chi connectivity index (χ4v) is 4.70. The van der Waals surface area contributed by atoms with Gasteiger partial charge in [0, 0.05) is 37.0 Å². The fraction of sp³-hybridized carbons (Fsp3) is 0.417. The zero-order chi connectivity index (χ0) is 24.3. The van der Waals surface area contributed by atoms with Gasteiger partial charge in [0.25, 0.3) is 0 Å². The second kappa shape index (κ2) is 9.57. The molecule has 4 rings (SSSR count). The molecule has 0 unspecified atom stereocenters. The number of piperidine rings is 1. The number of carbonyl (C=O) groups is 1. The highest BCUT2D eigenvalue weighted by Gasteiger charge is 2.37. The van der Waals surface area contributed by atoms with Gasteiger partial charge in [-0.15, -0.1) is 0 Å². The lowest BCUT2D eigenvalue weighted by molar-refractivity contribution is 0.151. The lowest BCUT2D eigenvalue weighted by atomic mass is 9.87. The van der Waals surface area contributed by atoms with Crippen molar-refractivity contribution in [3.63, 3.8) is 0 Å². The molecule has 0 aliphatic carbocycles. The van der Waals surface area contributed by atoms with Crippen molar-refractivity contribution >= 4 is 17.4 Å². The van der Waals surface area contributed by atoms with Gasteiger partial charge in [0.2, 0.25) is 0 Å². The molecule has 0 radical (unpaired) electrons. The Morgan fingerprint density at radius 1 is 1.32 bits per heavy atom. The summed E-state index contributed by atoms with van der Waals surface area (Å²) >= 11 is 0. The molecule has 3 aromatic heterocycles. The molecule has 1 amide bonds. The van der Waals surface area contributed by atoms with Crippen LogP contribution in [0.5, 0.6) is 5.75 Å². The first-order valence-electron chi connectivity index (χ1n) is 11.3. The van der Waals surface area contributed by atoms with Gasteiger partial charge in [0.05, 0.1) is 35.6 Å². The Balaban J connectivity index is 1.58. The van der Waals surface area contributed by atoms with Crippen molar-refractivity contribution in [2.45, 2.75) is 25.3 Å². The van der Waals surface area contributed by atoms with E-state index in [4.69, 9.17) is 9.72 Å². The minimum atomic E-state index is -0.991. The molecule has 1 aliphatic rings. The van der Waals surface area contributed by atoms with Gasteiger partial charge in [-0.3, -0.25) is 0 Å². The Bertz CT molecular complexity index is 1210. The number of hydrogen-bond acceptors (Lipinski definition) is 7. The Morgan fingerprint density at radius 3 is 2.68 bits per heavy atom. The molecule has 4 heterocycles. The third-order valence-electron chi connectivity index (χ3n) is 6.11. The summed E-state index contributed by atoms with van der Waals surface area (Å²) < 4.78 is 7.35. The summed E-state index contributed by atoms with van der Waals surface area (Å²) in [6.07, 6.45) is 5.51. The number of likely N-dealkylation sites (N-methyl/N-ethyl adjacent to an activating group) is 1. The van der Waals surface area contributed by atoms with Crippen LogP contribution in [0.1, 0.15) is 25.3 Å². The molecule has 0 bridgehead atoms. The van der Waals surface area contributed by atoms with Crippen LogP contribution in [0.15, 0.2) is 36.8 Å². The third kappa shape index (κ3) is 4.75. The van der Waals surface area contributed by atoms with E-state index >= 15 is 0 Å². The maximum Gasteiger partial charge on any atom is 0.405 e. The van der Waals surface area contributed by atoms with Gasteiger partial charge in [-0.05, 0) is 52.1 Å². The van der Waals surface area contributed by atoms with Crippen molar-refractivity contribution in [3.8, 4) is 22.9 Å². The van der Waals surface area contributed by atoms with Crippen LogP contribution >= 0.6 is 0 Å². The zero-order valence-electron chi connectivity index (χ0n) is 19.7. The number of aromatic nitrogens is 3. The Morgan fingerprint density at radius 2 is 2.09 bits per heavy atom. The second-order valence-corrected chi connectivity index (χ2v) is 8.83. The number of nitriles is 1. The third-order valence-corrected chi connectivity index (χ3v) is 6.11. The predicted octanol–water partition coefficient (Wildman–Crippen LogP) is 2.83. The van der Waals surface area contributed by atoms with Crippen molar-refractivity contribution in [1.82, 2.24) is 24.8 Å². The van der Waals surface area contributed by atoms with E-state index in [0.717, 1.165) is 16.9 Å². The number of nitrogens with zero attached hydrogens (tertiary/aromatic N) is 6. The number of nitrogens with one attached hydrogen (secondary N) is 1. The molecular weight excluding hydrogens is 434 g/mol. The van der Waals surface area contributed by atoms with Gasteiger partial charge < -0.3 is 25.0 Å². The highest BCUT2D eigenvalue weighted by molar-refractivity contribution is 5.85. The van der Waals surface area contributed by atoms with E-state index < -0.39 is 11.6 Å². The van der Waals surface area contributed by atoms with Gasteiger partial charge in [0.15, 0.2) is 0 Å². The molecule has 10 nitrogen and oxygen atoms in total. The van der Waals surface area contributed by atoms with E-state index in [0.29, 0.717) is 55.9 Å². The van der Waals surface area contributed by atoms with E-state index in [1.54, 1.807) is 23.1 Å². The van der Waals surface area contributed by atoms with E-state index in [-0.39, 0.29) is 0 Å². The van der Waals surface area contributed by atoms with Crippen molar-refractivity contribution in [1.29, 1.82) is 5.26 Å². The quantitative estimate of drug-likeness (QED) is 0.549. The normalized spacial score (nSPS) is 15.3. The number of anilines is 1. The number of ether oxygens (including phenoxy) is 1. The topological polar surface area (TPSA) is 119 Å². The van der Waals surface area contributed by atoms with Crippen molar-refractivity contribution in [2.24, 2.45) is 0 Å². The largest absolute Gasteiger partial charge is 0.492 e.